The molecule has 0 bridgehead atoms. The topological polar surface area (TPSA) is 94.6 Å². The van der Waals surface area contributed by atoms with Gasteiger partial charge in [-0.05, 0) is 48.5 Å². The van der Waals surface area contributed by atoms with Crippen LogP contribution in [0, 0.1) is 0 Å². The van der Waals surface area contributed by atoms with Crippen molar-refractivity contribution in [2.75, 3.05) is 0 Å². The van der Waals surface area contributed by atoms with Crippen molar-refractivity contribution < 1.29 is 15.0 Å². The molecule has 3 rings (SSSR count). The van der Waals surface area contributed by atoms with Crippen molar-refractivity contribution >= 4 is 52.4 Å². The van der Waals surface area contributed by atoms with Gasteiger partial charge in [0.05, 0.1) is 22.0 Å². The number of azo groups is 1. The Labute approximate surface area is 170 Å². The molecule has 0 unspecified atom stereocenters. The summed E-state index contributed by atoms with van der Waals surface area (Å²) < 4.78 is 0. The van der Waals surface area contributed by atoms with Crippen LogP contribution in [0.15, 0.2) is 75.9 Å². The molecular weight excluding hydrogens is 401 g/mol. The molecule has 0 spiro atoms. The summed E-state index contributed by atoms with van der Waals surface area (Å²) in [7, 11) is 0. The van der Waals surface area contributed by atoms with Crippen LogP contribution in [0.25, 0.3) is 0 Å². The Hall–Kier alpha value is -3.22. The van der Waals surface area contributed by atoms with Crippen molar-refractivity contribution in [2.45, 2.75) is 0 Å². The average molecular weight is 414 g/mol. The fraction of sp³-hybridized carbons (Fsp3) is 0. The summed E-state index contributed by atoms with van der Waals surface area (Å²) in [4.78, 5) is 15.4. The van der Waals surface area contributed by atoms with E-state index in [1.807, 2.05) is 0 Å². The zero-order valence-electron chi connectivity index (χ0n) is 14.3. The van der Waals surface area contributed by atoms with E-state index in [0.29, 0.717) is 27.0 Å². The maximum atomic E-state index is 11.3. The second-order valence-electron chi connectivity index (χ2n) is 5.62. The second kappa shape index (κ2) is 8.65. The van der Waals surface area contributed by atoms with Gasteiger partial charge in [0, 0.05) is 16.8 Å². The van der Waals surface area contributed by atoms with E-state index in [0.717, 1.165) is 0 Å². The summed E-state index contributed by atoms with van der Waals surface area (Å²) in [5.74, 6) is -1.12. The Morgan fingerprint density at radius 2 is 1.71 bits per heavy atom. The molecule has 0 heterocycles. The van der Waals surface area contributed by atoms with Crippen molar-refractivity contribution in [3.8, 4) is 5.75 Å². The normalized spacial score (nSPS) is 11.4. The molecular formula is C20H13Cl2N3O3. The smallest absolute Gasteiger partial charge is 0.337 e. The number of benzene rings is 3. The van der Waals surface area contributed by atoms with E-state index in [1.165, 1.54) is 18.3 Å². The highest BCUT2D eigenvalue weighted by atomic mass is 35.5. The third kappa shape index (κ3) is 4.73. The number of nitrogens with zero attached hydrogens (tertiary/aromatic N) is 3. The molecule has 0 atom stereocenters. The van der Waals surface area contributed by atoms with Gasteiger partial charge in [-0.25, -0.2) is 4.79 Å². The number of carboxylic acids is 1. The molecule has 0 aliphatic rings. The minimum absolute atomic E-state index is 0.0312. The molecule has 0 radical (unpaired) electrons. The number of aliphatic imine (C=N–C) groups is 1. The van der Waals surface area contributed by atoms with Crippen molar-refractivity contribution in [3.63, 3.8) is 0 Å². The fourth-order valence-electron chi connectivity index (χ4n) is 2.29. The number of phenols is 1. The van der Waals surface area contributed by atoms with Gasteiger partial charge in [-0.2, -0.15) is 5.11 Å². The molecule has 2 N–H and O–H groups in total. The van der Waals surface area contributed by atoms with Crippen molar-refractivity contribution in [1.82, 2.24) is 0 Å². The summed E-state index contributed by atoms with van der Waals surface area (Å²) in [6.07, 6.45) is 1.36. The van der Waals surface area contributed by atoms with Crippen molar-refractivity contribution in [1.29, 1.82) is 0 Å². The SMILES string of the molecule is O=C(O)c1ccccc1N=Cc1cc(N=Nc2cc(Cl)ccc2Cl)ccc1O. The Morgan fingerprint density at radius 1 is 0.929 bits per heavy atom. The lowest BCUT2D eigenvalue weighted by Gasteiger charge is -2.02. The van der Waals surface area contributed by atoms with E-state index in [1.54, 1.807) is 48.5 Å². The van der Waals surface area contributed by atoms with Gasteiger partial charge in [0.2, 0.25) is 0 Å². The molecule has 0 fully saturated rings. The first-order valence-electron chi connectivity index (χ1n) is 8.00. The van der Waals surface area contributed by atoms with E-state index < -0.39 is 5.97 Å². The maximum Gasteiger partial charge on any atom is 0.337 e. The molecule has 3 aromatic rings. The molecule has 28 heavy (non-hydrogen) atoms. The molecule has 0 saturated carbocycles. The number of carbonyl (C=O) groups is 1. The largest absolute Gasteiger partial charge is 0.507 e. The van der Waals surface area contributed by atoms with Crippen LogP contribution in [0.5, 0.6) is 5.75 Å². The van der Waals surface area contributed by atoms with E-state index in [-0.39, 0.29) is 17.0 Å². The summed E-state index contributed by atoms with van der Waals surface area (Å²) >= 11 is 12.0. The number of aromatic carboxylic acids is 1. The van der Waals surface area contributed by atoms with Crippen LogP contribution < -0.4 is 0 Å². The van der Waals surface area contributed by atoms with E-state index >= 15 is 0 Å². The molecule has 0 saturated heterocycles. The van der Waals surface area contributed by atoms with Crippen LogP contribution in [-0.2, 0) is 0 Å². The van der Waals surface area contributed by atoms with Gasteiger partial charge in [0.25, 0.3) is 0 Å². The lowest BCUT2D eigenvalue weighted by atomic mass is 10.1. The van der Waals surface area contributed by atoms with Gasteiger partial charge in [0.15, 0.2) is 0 Å². The van der Waals surface area contributed by atoms with Gasteiger partial charge >= 0.3 is 5.97 Å². The van der Waals surface area contributed by atoms with Gasteiger partial charge in [-0.1, -0.05) is 35.3 Å². The number of rotatable bonds is 5. The standard InChI is InChI=1S/C20H13Cl2N3O3/c21-13-5-7-16(22)18(10-13)25-24-14-6-8-19(26)12(9-14)11-23-17-4-2-1-3-15(17)20(27)28/h1-11,26H,(H,27,28). The first kappa shape index (κ1) is 19.5. The first-order valence-corrected chi connectivity index (χ1v) is 8.76. The first-order chi connectivity index (χ1) is 13.4. The Bertz CT molecular complexity index is 1100. The highest BCUT2D eigenvalue weighted by Crippen LogP contribution is 2.30. The van der Waals surface area contributed by atoms with Gasteiger partial charge in [0.1, 0.15) is 11.4 Å². The van der Waals surface area contributed by atoms with Gasteiger partial charge in [-0.3, -0.25) is 4.99 Å². The highest BCUT2D eigenvalue weighted by Gasteiger charge is 2.08. The van der Waals surface area contributed by atoms with Crippen LogP contribution in [0.4, 0.5) is 17.1 Å². The highest BCUT2D eigenvalue weighted by molar-refractivity contribution is 6.35. The molecule has 6 nitrogen and oxygen atoms in total. The van der Waals surface area contributed by atoms with Crippen LogP contribution in [0.2, 0.25) is 10.0 Å². The number of hydrogen-bond acceptors (Lipinski definition) is 5. The Morgan fingerprint density at radius 3 is 2.50 bits per heavy atom. The molecule has 0 aliphatic heterocycles. The number of halogens is 2. The molecule has 0 aromatic heterocycles. The van der Waals surface area contributed by atoms with Crippen LogP contribution in [0.3, 0.4) is 0 Å². The van der Waals surface area contributed by atoms with E-state index in [4.69, 9.17) is 23.2 Å². The minimum Gasteiger partial charge on any atom is -0.507 e. The zero-order chi connectivity index (χ0) is 20.1. The maximum absolute atomic E-state index is 11.3. The van der Waals surface area contributed by atoms with Crippen molar-refractivity contribution in [2.24, 2.45) is 15.2 Å². The predicted molar refractivity (Wildman–Crippen MR) is 109 cm³/mol. The Balaban J connectivity index is 1.89. The average Bonchev–Trinajstić information content (AvgIpc) is 2.68. The number of aromatic hydroxyl groups is 1. The Kier molecular flexibility index (Phi) is 6.03. The number of carboxylic acid groups (broad SMARTS) is 1. The third-order valence-electron chi connectivity index (χ3n) is 3.67. The summed E-state index contributed by atoms with van der Waals surface area (Å²) in [6, 6.07) is 15.7. The van der Waals surface area contributed by atoms with E-state index in [2.05, 4.69) is 15.2 Å². The predicted octanol–water partition coefficient (Wildman–Crippen LogP) is 6.56. The molecule has 0 amide bonds. The fourth-order valence-corrected chi connectivity index (χ4v) is 2.61. The van der Waals surface area contributed by atoms with Gasteiger partial charge < -0.3 is 10.2 Å². The molecule has 140 valence electrons. The summed E-state index contributed by atoms with van der Waals surface area (Å²) in [6.45, 7) is 0. The van der Waals surface area contributed by atoms with Crippen molar-refractivity contribution in [3.05, 3.63) is 81.8 Å². The molecule has 3 aromatic carbocycles. The monoisotopic (exact) mass is 413 g/mol. The van der Waals surface area contributed by atoms with Gasteiger partial charge in [-0.15, -0.1) is 5.11 Å². The van der Waals surface area contributed by atoms with E-state index in [9.17, 15) is 15.0 Å². The van der Waals surface area contributed by atoms with Crippen LogP contribution in [-0.4, -0.2) is 22.4 Å². The lowest BCUT2D eigenvalue weighted by Crippen LogP contribution is -1.96. The number of hydrogen-bond donors (Lipinski definition) is 2. The third-order valence-corrected chi connectivity index (χ3v) is 4.22. The summed E-state index contributed by atoms with van der Waals surface area (Å²) in [5.41, 5.74) is 1.54. The number of phenolic OH excluding ortho intramolecular Hbond substituents is 1. The minimum atomic E-state index is -1.09. The quantitative estimate of drug-likeness (QED) is 0.365. The lowest BCUT2D eigenvalue weighted by molar-refractivity contribution is 0.0698. The summed E-state index contributed by atoms with van der Waals surface area (Å²) in [5, 5.41) is 28.3. The second-order valence-corrected chi connectivity index (χ2v) is 6.46. The van der Waals surface area contributed by atoms with Crippen LogP contribution >= 0.6 is 23.2 Å². The van der Waals surface area contributed by atoms with Crippen LogP contribution in [0.1, 0.15) is 15.9 Å². The zero-order valence-corrected chi connectivity index (χ0v) is 15.8. The molecule has 0 aliphatic carbocycles. The molecule has 8 heteroatoms. The number of para-hydroxylation sites is 1.